The summed E-state index contributed by atoms with van der Waals surface area (Å²) < 4.78 is 25.9. The van der Waals surface area contributed by atoms with E-state index in [1.807, 2.05) is 0 Å². The molecule has 2 aromatic heterocycles. The first kappa shape index (κ1) is 21.3. The summed E-state index contributed by atoms with van der Waals surface area (Å²) >= 11 is 12.0. The minimum absolute atomic E-state index is 0.0181. The molecule has 0 aliphatic rings. The molecule has 29 heavy (non-hydrogen) atoms. The van der Waals surface area contributed by atoms with Crippen LogP contribution < -0.4 is 4.74 Å². The normalized spacial score (nSPS) is 11.0. The second kappa shape index (κ2) is 9.84. The number of ether oxygens (including phenoxy) is 2. The molecule has 10 heteroatoms. The molecular weight excluding hydrogens is 422 g/mol. The van der Waals surface area contributed by atoms with Gasteiger partial charge in [-0.2, -0.15) is 10.1 Å². The van der Waals surface area contributed by atoms with Gasteiger partial charge in [0.05, 0.1) is 24.8 Å². The molecule has 0 bridgehead atoms. The number of hydrogen-bond donors (Lipinski definition) is 0. The van der Waals surface area contributed by atoms with Crippen LogP contribution in [0, 0.1) is 5.82 Å². The Morgan fingerprint density at radius 2 is 2.03 bits per heavy atom. The molecule has 0 spiro atoms. The van der Waals surface area contributed by atoms with Gasteiger partial charge in [-0.25, -0.2) is 14.1 Å². The number of aromatic nitrogens is 4. The number of carbonyl (C=O) groups is 1. The van der Waals surface area contributed by atoms with Gasteiger partial charge in [0.15, 0.2) is 5.65 Å². The minimum atomic E-state index is -0.437. The second-order valence-electron chi connectivity index (χ2n) is 6.15. The fourth-order valence-corrected chi connectivity index (χ4v) is 3.19. The van der Waals surface area contributed by atoms with Crippen LogP contribution in [0.15, 0.2) is 24.4 Å². The molecule has 0 radical (unpaired) electrons. The molecule has 154 valence electrons. The van der Waals surface area contributed by atoms with E-state index in [9.17, 15) is 9.18 Å². The Balaban J connectivity index is 1.70. The summed E-state index contributed by atoms with van der Waals surface area (Å²) in [6.07, 6.45) is 4.08. The summed E-state index contributed by atoms with van der Waals surface area (Å²) in [4.78, 5) is 19.4. The molecule has 0 atom stereocenters. The summed E-state index contributed by atoms with van der Waals surface area (Å²) in [5.74, 6) is -0.329. The van der Waals surface area contributed by atoms with Crippen LogP contribution in [0.25, 0.3) is 16.7 Å². The van der Waals surface area contributed by atoms with E-state index in [4.69, 9.17) is 32.7 Å². The Morgan fingerprint density at radius 1 is 1.21 bits per heavy atom. The van der Waals surface area contributed by atoms with Crippen molar-refractivity contribution in [3.8, 4) is 11.4 Å². The number of carbonyl (C=O) groups excluding carboxylic acids is 1. The van der Waals surface area contributed by atoms with Gasteiger partial charge in [0.25, 0.3) is 0 Å². The van der Waals surface area contributed by atoms with Crippen LogP contribution in [0.4, 0.5) is 4.39 Å². The Hall–Kier alpha value is -2.45. The zero-order valence-corrected chi connectivity index (χ0v) is 17.2. The lowest BCUT2D eigenvalue weighted by molar-refractivity contribution is -0.143. The molecule has 3 rings (SSSR count). The van der Waals surface area contributed by atoms with Crippen LogP contribution in [-0.2, 0) is 9.53 Å². The van der Waals surface area contributed by atoms with Gasteiger partial charge in [-0.1, -0.05) is 11.6 Å². The molecule has 0 aliphatic heterocycles. The third kappa shape index (κ3) is 5.33. The van der Waals surface area contributed by atoms with Crippen molar-refractivity contribution >= 4 is 40.2 Å². The van der Waals surface area contributed by atoms with E-state index < -0.39 is 5.82 Å². The largest absolute Gasteiger partial charge is 0.491 e. The lowest BCUT2D eigenvalue weighted by Crippen LogP contribution is -2.06. The molecule has 0 aliphatic carbocycles. The monoisotopic (exact) mass is 440 g/mol. The van der Waals surface area contributed by atoms with E-state index in [1.54, 1.807) is 13.0 Å². The highest BCUT2D eigenvalue weighted by atomic mass is 35.5. The second-order valence-corrected chi connectivity index (χ2v) is 6.85. The fourth-order valence-electron chi connectivity index (χ4n) is 2.77. The number of rotatable bonds is 9. The molecule has 0 saturated carbocycles. The molecule has 0 saturated heterocycles. The van der Waals surface area contributed by atoms with Crippen molar-refractivity contribution in [2.24, 2.45) is 0 Å². The van der Waals surface area contributed by atoms with Crippen molar-refractivity contribution in [2.45, 2.75) is 32.6 Å². The van der Waals surface area contributed by atoms with Gasteiger partial charge in [-0.3, -0.25) is 4.79 Å². The van der Waals surface area contributed by atoms with Crippen molar-refractivity contribution in [3.63, 3.8) is 0 Å². The van der Waals surface area contributed by atoms with Crippen LogP contribution in [0.2, 0.25) is 10.4 Å². The highest BCUT2D eigenvalue weighted by Gasteiger charge is 2.16. The quantitative estimate of drug-likeness (QED) is 0.206. The van der Waals surface area contributed by atoms with E-state index in [0.717, 1.165) is 6.42 Å². The number of halogens is 3. The highest BCUT2D eigenvalue weighted by Crippen LogP contribution is 2.29. The van der Waals surface area contributed by atoms with Gasteiger partial charge in [0, 0.05) is 12.5 Å². The summed E-state index contributed by atoms with van der Waals surface area (Å²) in [5.41, 5.74) is 0.889. The molecule has 3 aromatic rings. The summed E-state index contributed by atoms with van der Waals surface area (Å²) in [5, 5.41) is 4.95. The van der Waals surface area contributed by atoms with Gasteiger partial charge >= 0.3 is 5.97 Å². The maximum atomic E-state index is 13.8. The standard InChI is InChI=1S/C19H19Cl2FN4O3/c1-2-28-16(27)6-4-3-5-9-29-15-10-12(22)7-8-14(15)26-18-13(11-23-26)17(20)24-19(21)25-18/h7-8,10-11H,2-6,9H2,1H3. The fraction of sp³-hybridized carbons (Fsp3) is 0.368. The number of fused-ring (bicyclic) bond motifs is 1. The lowest BCUT2D eigenvalue weighted by Gasteiger charge is -2.12. The molecule has 2 heterocycles. The van der Waals surface area contributed by atoms with Crippen molar-refractivity contribution in [2.75, 3.05) is 13.2 Å². The molecule has 0 amide bonds. The Labute approximate surface area is 176 Å². The Kier molecular flexibility index (Phi) is 7.22. The Morgan fingerprint density at radius 3 is 2.83 bits per heavy atom. The van der Waals surface area contributed by atoms with E-state index >= 15 is 0 Å². The minimum Gasteiger partial charge on any atom is -0.491 e. The third-order valence-corrected chi connectivity index (χ3v) is 4.55. The van der Waals surface area contributed by atoms with Crippen LogP contribution in [-0.4, -0.2) is 38.9 Å². The summed E-state index contributed by atoms with van der Waals surface area (Å²) in [6, 6.07) is 4.13. The molecule has 1 aromatic carbocycles. The average molecular weight is 441 g/mol. The molecule has 0 unspecified atom stereocenters. The zero-order valence-electron chi connectivity index (χ0n) is 15.7. The van der Waals surface area contributed by atoms with Crippen LogP contribution in [0.1, 0.15) is 32.6 Å². The zero-order chi connectivity index (χ0) is 20.8. The first-order valence-electron chi connectivity index (χ1n) is 9.14. The smallest absolute Gasteiger partial charge is 0.305 e. The maximum Gasteiger partial charge on any atom is 0.305 e. The summed E-state index contributed by atoms with van der Waals surface area (Å²) in [7, 11) is 0. The SMILES string of the molecule is CCOC(=O)CCCCCOc1cc(F)ccc1-n1ncc2c(Cl)nc(Cl)nc21. The van der Waals surface area contributed by atoms with Gasteiger partial charge in [-0.05, 0) is 49.9 Å². The molecule has 7 nitrogen and oxygen atoms in total. The Bertz CT molecular complexity index is 1010. The molecular formula is C19H19Cl2FN4O3. The first-order chi connectivity index (χ1) is 14.0. The third-order valence-electron chi connectivity index (χ3n) is 4.09. The first-order valence-corrected chi connectivity index (χ1v) is 9.90. The average Bonchev–Trinajstić information content (AvgIpc) is 3.09. The van der Waals surface area contributed by atoms with Gasteiger partial charge in [0.1, 0.15) is 22.4 Å². The van der Waals surface area contributed by atoms with Crippen LogP contribution in [0.5, 0.6) is 5.75 Å². The van der Waals surface area contributed by atoms with Crippen molar-refractivity contribution in [3.05, 3.63) is 40.6 Å². The molecule has 0 N–H and O–H groups in total. The van der Waals surface area contributed by atoms with E-state index in [1.165, 1.54) is 23.0 Å². The molecule has 0 fully saturated rings. The van der Waals surface area contributed by atoms with Crippen molar-refractivity contribution in [1.82, 2.24) is 19.7 Å². The summed E-state index contributed by atoms with van der Waals surface area (Å²) in [6.45, 7) is 2.52. The maximum absolute atomic E-state index is 13.8. The lowest BCUT2D eigenvalue weighted by atomic mass is 10.2. The van der Waals surface area contributed by atoms with E-state index in [0.29, 0.717) is 54.9 Å². The number of unbranched alkanes of at least 4 members (excludes halogenated alkanes) is 2. The van der Waals surface area contributed by atoms with Crippen LogP contribution in [0.3, 0.4) is 0 Å². The van der Waals surface area contributed by atoms with Crippen molar-refractivity contribution < 1.29 is 18.7 Å². The predicted molar refractivity (Wildman–Crippen MR) is 107 cm³/mol. The van der Waals surface area contributed by atoms with Gasteiger partial charge in [-0.15, -0.1) is 0 Å². The van der Waals surface area contributed by atoms with E-state index in [-0.39, 0.29) is 16.4 Å². The van der Waals surface area contributed by atoms with Crippen LogP contribution >= 0.6 is 23.2 Å². The number of nitrogens with zero attached hydrogens (tertiary/aromatic N) is 4. The van der Waals surface area contributed by atoms with Crippen molar-refractivity contribution in [1.29, 1.82) is 0 Å². The van der Waals surface area contributed by atoms with Gasteiger partial charge < -0.3 is 9.47 Å². The van der Waals surface area contributed by atoms with E-state index in [2.05, 4.69) is 15.1 Å². The predicted octanol–water partition coefficient (Wildman–Crippen LogP) is 4.76. The topological polar surface area (TPSA) is 79.1 Å². The number of benzene rings is 1. The highest BCUT2D eigenvalue weighted by molar-refractivity contribution is 6.35. The number of esters is 1. The number of hydrogen-bond acceptors (Lipinski definition) is 6. The van der Waals surface area contributed by atoms with Gasteiger partial charge in [0.2, 0.25) is 5.28 Å².